The molecule has 7 heterocycles. The molecule has 0 amide bonds. The monoisotopic (exact) mass is 1810 g/mol. The van der Waals surface area contributed by atoms with Crippen LogP contribution in [0.4, 0.5) is 0 Å². The summed E-state index contributed by atoms with van der Waals surface area (Å²) < 4.78 is 13.4. The van der Waals surface area contributed by atoms with E-state index in [1.807, 2.05) is 176 Å². The number of furan rings is 1. The second-order valence-electron chi connectivity index (χ2n) is 35.4. The van der Waals surface area contributed by atoms with Crippen LogP contribution in [0.25, 0.3) is 261 Å². The van der Waals surface area contributed by atoms with Crippen LogP contribution in [0.2, 0.25) is 0 Å². The van der Waals surface area contributed by atoms with Gasteiger partial charge in [-0.05, 0) is 135 Å². The first kappa shape index (κ1) is 83.2. The first-order valence-corrected chi connectivity index (χ1v) is 47.6. The molecule has 28 rings (SSSR count). The van der Waals surface area contributed by atoms with E-state index >= 15 is 0 Å². The lowest BCUT2D eigenvalue weighted by Crippen LogP contribution is -2.00. The van der Waals surface area contributed by atoms with Gasteiger partial charge < -0.3 is 18.1 Å². The molecule has 28 aromatic rings. The number of hydrogen-bond donors (Lipinski definition) is 0. The van der Waals surface area contributed by atoms with Crippen LogP contribution in [0, 0.1) is 0 Å². The Morgan fingerprint density at radius 2 is 0.437 bits per heavy atom. The van der Waals surface area contributed by atoms with Gasteiger partial charge in [-0.25, -0.2) is 44.9 Å². The molecule has 664 valence electrons. The molecule has 0 saturated carbocycles. The van der Waals surface area contributed by atoms with E-state index in [1.54, 1.807) is 0 Å². The Morgan fingerprint density at radius 3 is 0.894 bits per heavy atom. The third-order valence-electron chi connectivity index (χ3n) is 26.9. The summed E-state index contributed by atoms with van der Waals surface area (Å²) >= 11 is 0. The van der Waals surface area contributed by atoms with Crippen LogP contribution in [0.1, 0.15) is 0 Å². The van der Waals surface area contributed by atoms with Crippen molar-refractivity contribution >= 4 is 120 Å². The highest BCUT2D eigenvalue weighted by atomic mass is 16.3. The van der Waals surface area contributed by atoms with E-state index in [0.717, 1.165) is 122 Å². The minimum Gasteiger partial charge on any atom is -0.456 e. The summed E-state index contributed by atoms with van der Waals surface area (Å²) in [4.78, 5) is 44.5. The lowest BCUT2D eigenvalue weighted by atomic mass is 9.96. The Bertz CT molecular complexity index is 9570. The van der Waals surface area contributed by atoms with Crippen molar-refractivity contribution in [2.75, 3.05) is 0 Å². The average molecular weight is 1820 g/mol. The minimum atomic E-state index is 0.595. The normalized spacial score (nSPS) is 11.5. The van der Waals surface area contributed by atoms with Crippen LogP contribution in [0.15, 0.2) is 502 Å². The Hall–Kier alpha value is -19.4. The van der Waals surface area contributed by atoms with E-state index in [-0.39, 0.29) is 0 Å². The van der Waals surface area contributed by atoms with Gasteiger partial charge in [0, 0.05) is 121 Å². The van der Waals surface area contributed by atoms with E-state index in [0.29, 0.717) is 52.4 Å². The van der Waals surface area contributed by atoms with Gasteiger partial charge >= 0.3 is 0 Å². The molecule has 0 spiro atoms. The summed E-state index contributed by atoms with van der Waals surface area (Å²) in [6.45, 7) is 0. The molecule has 0 fully saturated rings. The fraction of sp³-hybridized carbons (Fsp3) is 0. The molecule has 0 unspecified atom stereocenters. The van der Waals surface area contributed by atoms with Gasteiger partial charge in [0.1, 0.15) is 11.2 Å². The van der Waals surface area contributed by atoms with Crippen molar-refractivity contribution in [2.24, 2.45) is 0 Å². The number of para-hydroxylation sites is 6. The highest BCUT2D eigenvalue weighted by molar-refractivity contribution is 6.26. The Balaban J connectivity index is 0.000000109. The molecular formula is C129H82N12O. The number of nitrogens with zero attached hydrogens (tertiary/aromatic N) is 12. The topological polar surface area (TPSA) is 144 Å². The van der Waals surface area contributed by atoms with Crippen molar-refractivity contribution < 1.29 is 4.42 Å². The predicted octanol–water partition coefficient (Wildman–Crippen LogP) is 32.6. The zero-order chi connectivity index (χ0) is 93.9. The summed E-state index contributed by atoms with van der Waals surface area (Å²) in [6, 6.07) is 173. The van der Waals surface area contributed by atoms with Gasteiger partial charge in [-0.15, -0.1) is 0 Å². The van der Waals surface area contributed by atoms with Crippen molar-refractivity contribution in [3.63, 3.8) is 0 Å². The maximum Gasteiger partial charge on any atom is 0.164 e. The first-order valence-electron chi connectivity index (χ1n) is 47.6. The molecule has 0 aliphatic rings. The predicted molar refractivity (Wildman–Crippen MR) is 582 cm³/mol. The number of hydrogen-bond acceptors (Lipinski definition) is 10. The average Bonchev–Trinajstić information content (AvgIpc) is 1.58. The summed E-state index contributed by atoms with van der Waals surface area (Å²) in [5, 5.41) is 16.8. The van der Waals surface area contributed by atoms with Crippen molar-refractivity contribution in [3.05, 3.63) is 497 Å². The highest BCUT2D eigenvalue weighted by Gasteiger charge is 2.25. The van der Waals surface area contributed by atoms with Crippen molar-refractivity contribution in [2.45, 2.75) is 0 Å². The molecule has 0 bridgehead atoms. The lowest BCUT2D eigenvalue weighted by molar-refractivity contribution is 0.669. The van der Waals surface area contributed by atoms with E-state index in [1.165, 1.54) is 87.0 Å². The summed E-state index contributed by atoms with van der Waals surface area (Å²) in [5.74, 6) is 5.76. The molecule has 7 aromatic heterocycles. The van der Waals surface area contributed by atoms with Crippen LogP contribution in [0.5, 0.6) is 0 Å². The molecular weight excluding hydrogens is 1730 g/mol. The number of fused-ring (bicyclic) bond motifs is 18. The largest absolute Gasteiger partial charge is 0.456 e. The van der Waals surface area contributed by atoms with Crippen LogP contribution in [0.3, 0.4) is 0 Å². The maximum atomic E-state index is 6.23. The number of benzene rings is 21. The molecule has 0 aliphatic heterocycles. The smallest absolute Gasteiger partial charge is 0.164 e. The van der Waals surface area contributed by atoms with Gasteiger partial charge in [-0.1, -0.05) is 406 Å². The lowest BCUT2D eigenvalue weighted by Gasteiger charge is -2.12. The fourth-order valence-corrected chi connectivity index (χ4v) is 20.2. The van der Waals surface area contributed by atoms with Gasteiger partial charge in [0.2, 0.25) is 0 Å². The SMILES string of the molecule is c1ccc(-c2nc(-c3ccc4c(c3)oc3ccccc34)nc(-c3ccc4ccc5c6ccccc6n(-c6ccccc6)c5c4c3)n2)cc1.c1ccc(-c2nc(-c3ccccc3)nc(-c3ccc(-c4ccc5ccc6c7ccccc7n(-c7ccccc7)c6c5c4)cc3)n2)cc1.c1ccc(-c2nc(-c3ccccc3)nc(-c3ccc(-c4cccc5c4c4c6ccccc6ccc4n5-c4ccccc4)cc3)n2)cc1. The van der Waals surface area contributed by atoms with Crippen molar-refractivity contribution in [3.8, 4) is 142 Å². The second-order valence-corrected chi connectivity index (χ2v) is 35.4. The van der Waals surface area contributed by atoms with Crippen LogP contribution >= 0.6 is 0 Å². The first-order chi connectivity index (χ1) is 70.4. The molecule has 0 atom stereocenters. The maximum absolute atomic E-state index is 6.23. The van der Waals surface area contributed by atoms with Gasteiger partial charge in [-0.3, -0.25) is 0 Å². The van der Waals surface area contributed by atoms with Gasteiger partial charge in [0.05, 0.1) is 33.1 Å². The van der Waals surface area contributed by atoms with Gasteiger partial charge in [0.25, 0.3) is 0 Å². The Labute approximate surface area is 816 Å². The zero-order valence-electron chi connectivity index (χ0n) is 76.6. The number of rotatable bonds is 14. The molecule has 142 heavy (non-hydrogen) atoms. The van der Waals surface area contributed by atoms with Crippen LogP contribution in [-0.4, -0.2) is 58.6 Å². The Kier molecular flexibility index (Phi) is 20.9. The van der Waals surface area contributed by atoms with E-state index in [2.05, 4.69) is 335 Å². The quantitative estimate of drug-likeness (QED) is 0.103. The Morgan fingerprint density at radius 1 is 0.148 bits per heavy atom. The number of aromatic nitrogens is 12. The third kappa shape index (κ3) is 15.2. The van der Waals surface area contributed by atoms with Gasteiger partial charge in [-0.2, -0.15) is 0 Å². The standard InChI is InChI=1S/C43H26N4O.2C43H28N4/c1-3-11-28(12-4-1)41-44-42(46-43(45-41)30-22-23-34-33-16-8-10-18-38(33)48-39(34)26-30)29-20-19-27-21-24-35-32-15-7-9-17-37(32)47(40(35)36(27)25-29)31-13-5-2-6-14-31;1-4-14-31(15-5-1)41-44-42(32-16-6-2-7-17-32)46-43(45-41)33-25-23-30(24-26-33)36-21-12-22-37-39(36)40-35-20-11-10-13-29(35)27-28-38(40)47(37)34-18-8-3-9-19-34;1-4-12-31(13-5-1)41-44-42(32-14-6-2-7-15-32)46-43(45-41)33-23-20-29(21-24-33)34-25-22-30-26-27-37-36-18-10-11-19-39(36)47(40(37)38(30)28-34)35-16-8-3-9-17-35/h1-26H;2*1-28H. The van der Waals surface area contributed by atoms with E-state index < -0.39 is 0 Å². The molecule has 0 radical (unpaired) electrons. The van der Waals surface area contributed by atoms with E-state index in [4.69, 9.17) is 49.3 Å². The molecule has 13 nitrogen and oxygen atoms in total. The molecule has 21 aromatic carbocycles. The van der Waals surface area contributed by atoms with Crippen LogP contribution in [-0.2, 0) is 0 Å². The second kappa shape index (κ2) is 35.7. The molecule has 13 heteroatoms. The molecule has 0 aliphatic carbocycles. The minimum absolute atomic E-state index is 0.595. The summed E-state index contributed by atoms with van der Waals surface area (Å²) in [5.41, 5.74) is 25.3. The van der Waals surface area contributed by atoms with Crippen molar-refractivity contribution in [1.29, 1.82) is 0 Å². The summed E-state index contributed by atoms with van der Waals surface area (Å²) in [6.07, 6.45) is 0. The molecule has 0 N–H and O–H groups in total. The highest BCUT2D eigenvalue weighted by Crippen LogP contribution is 2.46. The zero-order valence-corrected chi connectivity index (χ0v) is 76.6. The van der Waals surface area contributed by atoms with Gasteiger partial charge in [0.15, 0.2) is 52.4 Å². The molecule has 0 saturated heterocycles. The van der Waals surface area contributed by atoms with Crippen LogP contribution < -0.4 is 0 Å². The van der Waals surface area contributed by atoms with Crippen molar-refractivity contribution in [1.82, 2.24) is 58.6 Å². The summed E-state index contributed by atoms with van der Waals surface area (Å²) in [7, 11) is 0. The fourth-order valence-electron chi connectivity index (χ4n) is 20.2. The third-order valence-corrected chi connectivity index (χ3v) is 26.9. The van der Waals surface area contributed by atoms with E-state index in [9.17, 15) is 0 Å².